The van der Waals surface area contributed by atoms with E-state index in [1.165, 1.54) is 0 Å². The summed E-state index contributed by atoms with van der Waals surface area (Å²) in [7, 11) is 0. The molecule has 8 heteroatoms. The first-order chi connectivity index (χ1) is 12.1. The van der Waals surface area contributed by atoms with Crippen molar-refractivity contribution in [2.75, 3.05) is 32.8 Å². The molecule has 1 saturated heterocycles. The first-order valence-corrected chi connectivity index (χ1v) is 9.32. The molecule has 2 heterocycles. The van der Waals surface area contributed by atoms with Crippen LogP contribution in [0.25, 0.3) is 0 Å². The van der Waals surface area contributed by atoms with Crippen LogP contribution in [0.2, 0.25) is 5.15 Å². The topological polar surface area (TPSA) is 66.8 Å². The van der Waals surface area contributed by atoms with Gasteiger partial charge in [-0.2, -0.15) is 0 Å². The second kappa shape index (κ2) is 12.3. The monoisotopic (exact) mass is 494 g/mol. The number of ether oxygens (including phenoxy) is 1. The van der Waals surface area contributed by atoms with Crippen molar-refractivity contribution in [1.29, 1.82) is 0 Å². The summed E-state index contributed by atoms with van der Waals surface area (Å²) in [4.78, 5) is 23.0. The van der Waals surface area contributed by atoms with Gasteiger partial charge in [-0.05, 0) is 44.7 Å². The van der Waals surface area contributed by atoms with E-state index in [9.17, 15) is 4.79 Å². The molecule has 0 saturated carbocycles. The van der Waals surface area contributed by atoms with Gasteiger partial charge in [0.2, 0.25) is 0 Å². The number of hydrogen-bond acceptors (Lipinski definition) is 4. The van der Waals surface area contributed by atoms with Gasteiger partial charge in [0.25, 0.3) is 0 Å². The number of rotatable bonds is 6. The quantitative estimate of drug-likeness (QED) is 0.216. The average Bonchev–Trinajstić information content (AvgIpc) is 2.63. The molecule has 0 aliphatic carbocycles. The van der Waals surface area contributed by atoms with Crippen LogP contribution in [0.5, 0.6) is 0 Å². The normalized spacial score (nSPS) is 17.4. The van der Waals surface area contributed by atoms with E-state index in [-0.39, 0.29) is 35.9 Å². The van der Waals surface area contributed by atoms with Gasteiger partial charge in [-0.3, -0.25) is 9.79 Å². The number of pyridine rings is 1. The summed E-state index contributed by atoms with van der Waals surface area (Å²) in [6.07, 6.45) is 4.43. The standard InChI is InChI=1S/C18H27ClN4O2.HI/c1-3-20-18(21-10-9-14-7-8-16(19)22-12-14)23-11-5-6-15(13-23)17(24)25-4-2;/h7-8,12,15H,3-6,9-11,13H2,1-2H3,(H,20,21);1H/t15-;/m0./s1. The Balaban J connectivity index is 0.00000338. The van der Waals surface area contributed by atoms with Crippen molar-refractivity contribution >= 4 is 47.5 Å². The fourth-order valence-corrected chi connectivity index (χ4v) is 3.00. The molecular weight excluding hydrogens is 467 g/mol. The lowest BCUT2D eigenvalue weighted by molar-refractivity contribution is -0.149. The minimum absolute atomic E-state index is 0. The maximum Gasteiger partial charge on any atom is 0.310 e. The van der Waals surface area contributed by atoms with Crippen LogP contribution in [-0.2, 0) is 16.0 Å². The molecule has 0 amide bonds. The van der Waals surface area contributed by atoms with Gasteiger partial charge in [-0.25, -0.2) is 4.98 Å². The molecular formula is C18H28ClIN4O2. The van der Waals surface area contributed by atoms with Gasteiger partial charge < -0.3 is 15.0 Å². The molecule has 1 aromatic rings. The number of aromatic nitrogens is 1. The van der Waals surface area contributed by atoms with Crippen molar-refractivity contribution in [2.45, 2.75) is 33.1 Å². The minimum atomic E-state index is -0.102. The molecule has 0 aromatic carbocycles. The molecule has 6 nitrogen and oxygen atoms in total. The zero-order valence-electron chi connectivity index (χ0n) is 15.4. The molecule has 0 spiro atoms. The Labute approximate surface area is 177 Å². The summed E-state index contributed by atoms with van der Waals surface area (Å²) in [5.74, 6) is 0.687. The maximum absolute atomic E-state index is 12.0. The number of halogens is 2. The highest BCUT2D eigenvalue weighted by molar-refractivity contribution is 14.0. The van der Waals surface area contributed by atoms with Gasteiger partial charge in [0.05, 0.1) is 12.5 Å². The van der Waals surface area contributed by atoms with Crippen LogP contribution in [0, 0.1) is 5.92 Å². The van der Waals surface area contributed by atoms with E-state index in [1.54, 1.807) is 12.3 Å². The molecule has 0 bridgehead atoms. The summed E-state index contributed by atoms with van der Waals surface area (Å²) in [5.41, 5.74) is 1.10. The highest BCUT2D eigenvalue weighted by Crippen LogP contribution is 2.18. The van der Waals surface area contributed by atoms with Gasteiger partial charge in [-0.1, -0.05) is 17.7 Å². The van der Waals surface area contributed by atoms with Gasteiger partial charge in [0.15, 0.2) is 5.96 Å². The predicted molar refractivity (Wildman–Crippen MR) is 115 cm³/mol. The average molecular weight is 495 g/mol. The molecule has 1 N–H and O–H groups in total. The third kappa shape index (κ3) is 7.26. The molecule has 26 heavy (non-hydrogen) atoms. The Bertz CT molecular complexity index is 583. The van der Waals surface area contributed by atoms with Crippen LogP contribution in [0.15, 0.2) is 23.3 Å². The smallest absolute Gasteiger partial charge is 0.310 e. The van der Waals surface area contributed by atoms with E-state index in [2.05, 4.69) is 15.2 Å². The third-order valence-electron chi connectivity index (χ3n) is 4.13. The van der Waals surface area contributed by atoms with Crippen LogP contribution in [-0.4, -0.2) is 54.6 Å². The van der Waals surface area contributed by atoms with E-state index in [1.807, 2.05) is 19.9 Å². The van der Waals surface area contributed by atoms with Crippen molar-refractivity contribution in [2.24, 2.45) is 10.9 Å². The summed E-state index contributed by atoms with van der Waals surface area (Å²) in [6, 6.07) is 3.76. The SMILES string of the molecule is CCNC(=NCCc1ccc(Cl)nc1)N1CCC[C@H](C(=O)OCC)C1.I. The largest absolute Gasteiger partial charge is 0.466 e. The van der Waals surface area contributed by atoms with Gasteiger partial charge in [-0.15, -0.1) is 24.0 Å². The highest BCUT2D eigenvalue weighted by atomic mass is 127. The van der Waals surface area contributed by atoms with Crippen LogP contribution in [0.4, 0.5) is 0 Å². The Morgan fingerprint density at radius 3 is 2.92 bits per heavy atom. The molecule has 1 aliphatic rings. The number of aliphatic imine (C=N–C) groups is 1. The number of esters is 1. The first-order valence-electron chi connectivity index (χ1n) is 8.94. The zero-order valence-corrected chi connectivity index (χ0v) is 18.5. The van der Waals surface area contributed by atoms with Crippen LogP contribution in [0.1, 0.15) is 32.3 Å². The van der Waals surface area contributed by atoms with Gasteiger partial charge >= 0.3 is 5.97 Å². The Kier molecular flexibility index (Phi) is 10.9. The highest BCUT2D eigenvalue weighted by Gasteiger charge is 2.28. The molecule has 2 rings (SSSR count). The lowest BCUT2D eigenvalue weighted by Gasteiger charge is -2.34. The van der Waals surface area contributed by atoms with Crippen molar-refractivity contribution in [3.05, 3.63) is 29.0 Å². The second-order valence-corrected chi connectivity index (χ2v) is 6.40. The number of guanidine groups is 1. The molecule has 0 radical (unpaired) electrons. The molecule has 1 aromatic heterocycles. The first kappa shape index (κ1) is 23.0. The van der Waals surface area contributed by atoms with Gasteiger partial charge in [0.1, 0.15) is 5.15 Å². The van der Waals surface area contributed by atoms with Gasteiger partial charge in [0, 0.05) is 32.4 Å². The molecule has 0 unspecified atom stereocenters. The second-order valence-electron chi connectivity index (χ2n) is 6.01. The fraction of sp³-hybridized carbons (Fsp3) is 0.611. The van der Waals surface area contributed by atoms with Crippen LogP contribution < -0.4 is 5.32 Å². The Morgan fingerprint density at radius 1 is 1.46 bits per heavy atom. The maximum atomic E-state index is 12.0. The van der Waals surface area contributed by atoms with Crippen molar-refractivity contribution in [3.8, 4) is 0 Å². The predicted octanol–water partition coefficient (Wildman–Crippen LogP) is 3.14. The Morgan fingerprint density at radius 2 is 2.27 bits per heavy atom. The molecule has 146 valence electrons. The lowest BCUT2D eigenvalue weighted by Crippen LogP contribution is -2.48. The summed E-state index contributed by atoms with van der Waals surface area (Å²) >= 11 is 5.81. The number of nitrogens with zero attached hydrogens (tertiary/aromatic N) is 3. The minimum Gasteiger partial charge on any atom is -0.466 e. The van der Waals surface area contributed by atoms with Crippen molar-refractivity contribution in [3.63, 3.8) is 0 Å². The summed E-state index contributed by atoms with van der Waals surface area (Å²) in [5, 5.41) is 3.83. The fourth-order valence-electron chi connectivity index (χ4n) is 2.89. The number of piperidine rings is 1. The zero-order chi connectivity index (χ0) is 18.1. The number of carbonyl (C=O) groups is 1. The number of hydrogen-bond donors (Lipinski definition) is 1. The van der Waals surface area contributed by atoms with Crippen molar-refractivity contribution < 1.29 is 9.53 Å². The molecule has 1 aliphatic heterocycles. The summed E-state index contributed by atoms with van der Waals surface area (Å²) < 4.78 is 5.17. The molecule has 1 fully saturated rings. The van der Waals surface area contributed by atoms with E-state index >= 15 is 0 Å². The third-order valence-corrected chi connectivity index (χ3v) is 4.35. The van der Waals surface area contributed by atoms with E-state index in [0.717, 1.165) is 43.9 Å². The molecule has 1 atom stereocenters. The van der Waals surface area contributed by atoms with Crippen LogP contribution >= 0.6 is 35.6 Å². The van der Waals surface area contributed by atoms with Crippen LogP contribution in [0.3, 0.4) is 0 Å². The summed E-state index contributed by atoms with van der Waals surface area (Å²) in [6.45, 7) is 7.34. The van der Waals surface area contributed by atoms with Crippen molar-refractivity contribution in [1.82, 2.24) is 15.2 Å². The number of likely N-dealkylation sites (tertiary alicyclic amines) is 1. The Hall–Kier alpha value is -1.09. The van der Waals surface area contributed by atoms with E-state index in [4.69, 9.17) is 21.3 Å². The van der Waals surface area contributed by atoms with E-state index in [0.29, 0.717) is 24.8 Å². The number of carbonyl (C=O) groups excluding carboxylic acids is 1. The number of nitrogens with one attached hydrogen (secondary N) is 1. The lowest BCUT2D eigenvalue weighted by atomic mass is 9.98. The van der Waals surface area contributed by atoms with E-state index < -0.39 is 0 Å².